The van der Waals surface area contributed by atoms with Crippen molar-refractivity contribution in [3.05, 3.63) is 106 Å². The topological polar surface area (TPSA) is 92.8 Å². The number of benzene rings is 2. The van der Waals surface area contributed by atoms with E-state index in [1.165, 1.54) is 35.2 Å². The van der Waals surface area contributed by atoms with E-state index in [-0.39, 0.29) is 24.6 Å². The van der Waals surface area contributed by atoms with Crippen LogP contribution in [0.1, 0.15) is 71.4 Å². The van der Waals surface area contributed by atoms with Gasteiger partial charge < -0.3 is 5.32 Å². The average molecular weight is 636 g/mol. The quantitative estimate of drug-likeness (QED) is 0.255. The van der Waals surface area contributed by atoms with Gasteiger partial charge in [-0.3, -0.25) is 14.5 Å². The number of carbonyl (C=O) groups is 2. The molecule has 238 valence electrons. The molecule has 46 heavy (non-hydrogen) atoms. The van der Waals surface area contributed by atoms with E-state index < -0.39 is 47.4 Å². The average Bonchev–Trinajstić information content (AvgIpc) is 3.21. The number of hydrogen-bond acceptors (Lipinski definition) is 5. The molecule has 0 bridgehead atoms. The Bertz CT molecular complexity index is 1790. The maximum atomic E-state index is 14.4. The zero-order valence-electron chi connectivity index (χ0n) is 25.0. The van der Waals surface area contributed by atoms with Crippen LogP contribution in [0, 0.1) is 17.9 Å². The number of halogens is 4. The highest BCUT2D eigenvalue weighted by Crippen LogP contribution is 2.46. The van der Waals surface area contributed by atoms with E-state index in [1.807, 2.05) is 12.2 Å². The number of nitrogens with one attached hydrogen (secondary N) is 2. The van der Waals surface area contributed by atoms with Gasteiger partial charge in [0.05, 0.1) is 16.3 Å². The van der Waals surface area contributed by atoms with Crippen molar-refractivity contribution < 1.29 is 32.0 Å². The monoisotopic (exact) mass is 635 g/mol. The Morgan fingerprint density at radius 3 is 2.72 bits per heavy atom. The second-order valence-electron chi connectivity index (χ2n) is 11.4. The van der Waals surface area contributed by atoms with Gasteiger partial charge in [0.25, 0.3) is 11.8 Å². The van der Waals surface area contributed by atoms with Crippen molar-refractivity contribution in [3.63, 3.8) is 0 Å². The van der Waals surface area contributed by atoms with Gasteiger partial charge in [0.2, 0.25) is 0 Å². The summed E-state index contributed by atoms with van der Waals surface area (Å²) in [5, 5.41) is 14.6. The second kappa shape index (κ2) is 12.3. The molecule has 3 aromatic rings. The van der Waals surface area contributed by atoms with Gasteiger partial charge in [0.15, 0.2) is 12.6 Å². The lowest BCUT2D eigenvalue weighted by molar-refractivity contribution is -0.137. The molecule has 1 aliphatic carbocycles. The zero-order valence-corrected chi connectivity index (χ0v) is 25.0. The second-order valence-corrected chi connectivity index (χ2v) is 11.4. The van der Waals surface area contributed by atoms with E-state index >= 15 is 0 Å². The summed E-state index contributed by atoms with van der Waals surface area (Å²) >= 11 is 0. The van der Waals surface area contributed by atoms with Crippen molar-refractivity contribution in [2.75, 3.05) is 18.1 Å². The fourth-order valence-electron chi connectivity index (χ4n) is 6.15. The smallest absolute Gasteiger partial charge is 0.339 e. The molecule has 9 nitrogen and oxygen atoms in total. The number of hydrogen-bond donors (Lipinski definition) is 2. The first-order valence-corrected chi connectivity index (χ1v) is 15.0. The number of fused-ring (bicyclic) bond motifs is 1. The Labute approximate surface area is 262 Å². The summed E-state index contributed by atoms with van der Waals surface area (Å²) in [5.41, 5.74) is 1.13. The van der Waals surface area contributed by atoms with Gasteiger partial charge in [-0.1, -0.05) is 37.3 Å². The van der Waals surface area contributed by atoms with Crippen LogP contribution in [0.4, 0.5) is 23.4 Å². The van der Waals surface area contributed by atoms with Crippen molar-refractivity contribution in [2.45, 2.75) is 50.9 Å². The third kappa shape index (κ3) is 5.82. The van der Waals surface area contributed by atoms with Crippen molar-refractivity contribution >= 4 is 23.3 Å². The number of rotatable bonds is 6. The van der Waals surface area contributed by atoms with Crippen LogP contribution in [0.15, 0.2) is 66.8 Å². The van der Waals surface area contributed by atoms with E-state index in [0.29, 0.717) is 29.1 Å². The Hall–Kier alpha value is -5.12. The number of alkyl halides is 3. The summed E-state index contributed by atoms with van der Waals surface area (Å²) in [6.07, 6.45) is 5.28. The highest BCUT2D eigenvalue weighted by molar-refractivity contribution is 6.05. The van der Waals surface area contributed by atoms with Crippen LogP contribution < -0.4 is 15.5 Å². The van der Waals surface area contributed by atoms with Gasteiger partial charge in [-0.2, -0.15) is 18.3 Å². The number of aromatic nitrogens is 2. The van der Waals surface area contributed by atoms with E-state index in [9.17, 15) is 27.2 Å². The van der Waals surface area contributed by atoms with Gasteiger partial charge in [-0.25, -0.2) is 19.2 Å². The van der Waals surface area contributed by atoms with Gasteiger partial charge in [-0.15, -0.1) is 0 Å². The molecule has 2 amide bonds. The highest BCUT2D eigenvalue weighted by Gasteiger charge is 2.48. The molecule has 3 heterocycles. The highest BCUT2D eigenvalue weighted by atomic mass is 19.4. The first-order valence-electron chi connectivity index (χ1n) is 15.0. The summed E-state index contributed by atoms with van der Waals surface area (Å²) in [6, 6.07) is 7.84. The molecule has 0 radical (unpaired) electrons. The molecule has 2 N–H and O–H groups in total. The first-order chi connectivity index (χ1) is 22.1. The SMILES string of the molecule is CCN1C(=O)[C@@H](NC(=O)c2cccc(C(F)(F)F)c2)[C@@H](c2ccc(F)cc2)c2c([C@@H]3CCO[N+]#CN3)nn(C3=CC(C)CC=C3)c21. The lowest BCUT2D eigenvalue weighted by atomic mass is 9.79. The summed E-state index contributed by atoms with van der Waals surface area (Å²) in [7, 11) is 0. The van der Waals surface area contributed by atoms with Crippen molar-refractivity contribution in [3.8, 4) is 6.19 Å². The summed E-state index contributed by atoms with van der Waals surface area (Å²) in [6.45, 7) is 4.30. The minimum Gasteiger partial charge on any atom is -0.339 e. The lowest BCUT2D eigenvalue weighted by Crippen LogP contribution is -2.55. The standard InChI is InChI=1S/C33H30F4N6O3/c1-3-42-31-27(28(25-14-15-46-39-18-38-25)41-43(31)24-9-4-6-19(2)16-24)26(20-10-12-23(34)13-11-20)29(32(42)45)40-30(44)21-7-5-8-22(17-21)33(35,36)37/h4-5,7-13,16-17,19,25-26,29H,3,6,14-15H2,1-2H3,(H,40,44)/p+1/t19?,25-,26-,29-/m0/s1. The molecule has 0 spiro atoms. The van der Waals surface area contributed by atoms with E-state index in [0.717, 1.165) is 30.3 Å². The molecule has 6 rings (SSSR count). The number of nitrogens with zero attached hydrogens (tertiary/aromatic N) is 4. The number of likely N-dealkylation sites (N-methyl/N-ethyl adjacent to an activating group) is 1. The molecule has 2 aromatic carbocycles. The molecule has 3 aliphatic rings. The molecule has 0 saturated heterocycles. The minimum absolute atomic E-state index is 0.199. The number of anilines is 1. The normalized spacial score (nSPS) is 22.4. The molecular formula is C33H31F4N6O3+. The first kappa shape index (κ1) is 30.9. The number of carbonyl (C=O) groups excluding carboxylic acids is 2. The predicted molar refractivity (Wildman–Crippen MR) is 162 cm³/mol. The van der Waals surface area contributed by atoms with Crippen LogP contribution >= 0.6 is 0 Å². The van der Waals surface area contributed by atoms with Crippen LogP contribution in [0.5, 0.6) is 0 Å². The van der Waals surface area contributed by atoms with Crippen molar-refractivity contribution in [1.29, 1.82) is 0 Å². The number of allylic oxidation sites excluding steroid dienone is 4. The van der Waals surface area contributed by atoms with E-state index in [1.54, 1.807) is 11.6 Å². The molecule has 1 unspecified atom stereocenters. The van der Waals surface area contributed by atoms with Gasteiger partial charge in [0, 0.05) is 30.0 Å². The molecule has 0 saturated carbocycles. The van der Waals surface area contributed by atoms with Crippen LogP contribution in [-0.2, 0) is 15.8 Å². The molecular weight excluding hydrogens is 604 g/mol. The van der Waals surface area contributed by atoms with Gasteiger partial charge in [0.1, 0.15) is 23.4 Å². The lowest BCUT2D eigenvalue weighted by Gasteiger charge is -2.39. The van der Waals surface area contributed by atoms with Gasteiger partial charge in [-0.05, 0) is 61.2 Å². The largest absolute Gasteiger partial charge is 0.432 e. The summed E-state index contributed by atoms with van der Waals surface area (Å²) in [5.74, 6) is -2.06. The molecule has 2 aliphatic heterocycles. The van der Waals surface area contributed by atoms with Crippen LogP contribution in [0.2, 0.25) is 0 Å². The third-order valence-electron chi connectivity index (χ3n) is 8.31. The Morgan fingerprint density at radius 1 is 1.22 bits per heavy atom. The fraction of sp³-hybridized carbons (Fsp3) is 0.333. The summed E-state index contributed by atoms with van der Waals surface area (Å²) in [4.78, 5) is 34.7. The number of amides is 2. The van der Waals surface area contributed by atoms with E-state index in [2.05, 4.69) is 34.8 Å². The van der Waals surface area contributed by atoms with E-state index in [4.69, 9.17) is 9.94 Å². The van der Waals surface area contributed by atoms with Crippen molar-refractivity contribution in [1.82, 2.24) is 20.4 Å². The minimum atomic E-state index is -4.67. The molecule has 4 atom stereocenters. The predicted octanol–water partition coefficient (Wildman–Crippen LogP) is 6.03. The maximum Gasteiger partial charge on any atom is 0.432 e. The summed E-state index contributed by atoms with van der Waals surface area (Å²) < 4.78 is 56.4. The zero-order chi connectivity index (χ0) is 32.6. The molecule has 0 fully saturated rings. The van der Waals surface area contributed by atoms with Crippen LogP contribution in [0.25, 0.3) is 10.7 Å². The van der Waals surface area contributed by atoms with Crippen LogP contribution in [0.3, 0.4) is 0 Å². The Balaban J connectivity index is 1.55. The van der Waals surface area contributed by atoms with Gasteiger partial charge >= 0.3 is 12.4 Å². The Kier molecular flexibility index (Phi) is 8.29. The maximum absolute atomic E-state index is 14.4. The van der Waals surface area contributed by atoms with Crippen LogP contribution in [-0.4, -0.2) is 40.8 Å². The van der Waals surface area contributed by atoms with Crippen molar-refractivity contribution in [2.24, 2.45) is 5.92 Å². The third-order valence-corrected chi connectivity index (χ3v) is 8.31. The fourth-order valence-corrected chi connectivity index (χ4v) is 6.15. The molecule has 1 aromatic heterocycles. The molecule has 13 heteroatoms. The Morgan fingerprint density at radius 2 is 2.00 bits per heavy atom.